The van der Waals surface area contributed by atoms with Crippen LogP contribution in [0, 0.1) is 24.7 Å². The number of hydrogen-bond acceptors (Lipinski definition) is 4. The fourth-order valence-corrected chi connectivity index (χ4v) is 1.21. The van der Waals surface area contributed by atoms with Crippen molar-refractivity contribution in [3.8, 4) is 24.7 Å². The monoisotopic (exact) mass is 224 g/mol. The summed E-state index contributed by atoms with van der Waals surface area (Å²) in [5, 5.41) is 0. The highest BCUT2D eigenvalue weighted by Gasteiger charge is 2.40. The van der Waals surface area contributed by atoms with Gasteiger partial charge in [-0.25, -0.2) is 0 Å². The molecule has 0 N–H and O–H groups in total. The number of rotatable bonds is 4. The minimum atomic E-state index is -0.814. The molecule has 0 radical (unpaired) electrons. The Bertz CT molecular complexity index is 270. The molecule has 0 aromatic heterocycles. The van der Waals surface area contributed by atoms with Crippen LogP contribution in [0.5, 0.6) is 0 Å². The Labute approximate surface area is 96.2 Å². The first-order chi connectivity index (χ1) is 7.54. The van der Waals surface area contributed by atoms with Crippen LogP contribution < -0.4 is 0 Å². The summed E-state index contributed by atoms with van der Waals surface area (Å²) in [6.07, 6.45) is 10.2. The zero-order valence-corrected chi connectivity index (χ0v) is 9.62. The smallest absolute Gasteiger partial charge is 0.190 e. The second-order valence-corrected chi connectivity index (χ2v) is 3.83. The average molecular weight is 224 g/mol. The summed E-state index contributed by atoms with van der Waals surface area (Å²) in [6.45, 7) is 4.39. The van der Waals surface area contributed by atoms with Crippen molar-refractivity contribution in [2.24, 2.45) is 0 Å². The van der Waals surface area contributed by atoms with E-state index in [0.717, 1.165) is 0 Å². The summed E-state index contributed by atoms with van der Waals surface area (Å²) in [5.41, 5.74) is 0. The molecule has 0 saturated carbocycles. The van der Waals surface area contributed by atoms with Crippen LogP contribution in [0.15, 0.2) is 0 Å². The molecule has 0 aliphatic carbocycles. The first kappa shape index (κ1) is 13.0. The van der Waals surface area contributed by atoms with Crippen LogP contribution in [0.1, 0.15) is 13.8 Å². The van der Waals surface area contributed by atoms with Crippen LogP contribution in [0.3, 0.4) is 0 Å². The van der Waals surface area contributed by atoms with Gasteiger partial charge in [0, 0.05) is 0 Å². The van der Waals surface area contributed by atoms with Crippen molar-refractivity contribution in [2.75, 3.05) is 26.4 Å². The van der Waals surface area contributed by atoms with E-state index in [1.165, 1.54) is 0 Å². The van der Waals surface area contributed by atoms with Crippen molar-refractivity contribution in [1.82, 2.24) is 0 Å². The van der Waals surface area contributed by atoms with Crippen LogP contribution in [0.25, 0.3) is 0 Å². The molecule has 1 rings (SSSR count). The van der Waals surface area contributed by atoms with E-state index < -0.39 is 11.6 Å². The summed E-state index contributed by atoms with van der Waals surface area (Å²) in [7, 11) is 0. The molecule has 2 atom stereocenters. The van der Waals surface area contributed by atoms with E-state index in [1.807, 2.05) is 0 Å². The van der Waals surface area contributed by atoms with E-state index in [1.54, 1.807) is 13.8 Å². The third kappa shape index (κ3) is 3.52. The number of ether oxygens (including phenoxy) is 4. The van der Waals surface area contributed by atoms with Gasteiger partial charge < -0.3 is 18.9 Å². The maximum atomic E-state index is 5.54. The third-order valence-electron chi connectivity index (χ3n) is 2.20. The molecule has 2 unspecified atom stereocenters. The molecule has 4 nitrogen and oxygen atoms in total. The Kier molecular flexibility index (Phi) is 4.35. The Morgan fingerprint density at radius 2 is 1.38 bits per heavy atom. The normalized spacial score (nSPS) is 34.0. The minimum Gasteiger partial charge on any atom is -0.342 e. The summed E-state index contributed by atoms with van der Waals surface area (Å²) < 4.78 is 21.8. The fraction of sp³-hybridized carbons (Fsp3) is 0.667. The lowest BCUT2D eigenvalue weighted by Gasteiger charge is -2.41. The average Bonchev–Trinajstić information content (AvgIpc) is 2.29. The Morgan fingerprint density at radius 1 is 1.00 bits per heavy atom. The largest absolute Gasteiger partial charge is 0.342 e. The van der Waals surface area contributed by atoms with Gasteiger partial charge in [0.15, 0.2) is 11.6 Å². The Hall–Kier alpha value is -1.04. The van der Waals surface area contributed by atoms with Crippen LogP contribution in [0.4, 0.5) is 0 Å². The van der Waals surface area contributed by atoms with Crippen molar-refractivity contribution in [3.63, 3.8) is 0 Å². The van der Waals surface area contributed by atoms with Crippen molar-refractivity contribution < 1.29 is 18.9 Å². The van der Waals surface area contributed by atoms with Gasteiger partial charge >= 0.3 is 0 Å². The molecule has 1 heterocycles. The van der Waals surface area contributed by atoms with Gasteiger partial charge in [-0.2, -0.15) is 0 Å². The van der Waals surface area contributed by atoms with Crippen LogP contribution in [-0.4, -0.2) is 38.0 Å². The number of terminal acetylenes is 2. The molecule has 16 heavy (non-hydrogen) atoms. The Morgan fingerprint density at radius 3 is 1.62 bits per heavy atom. The van der Waals surface area contributed by atoms with E-state index >= 15 is 0 Å². The van der Waals surface area contributed by atoms with Crippen molar-refractivity contribution in [1.29, 1.82) is 0 Å². The predicted molar refractivity (Wildman–Crippen MR) is 58.3 cm³/mol. The van der Waals surface area contributed by atoms with Crippen molar-refractivity contribution >= 4 is 0 Å². The van der Waals surface area contributed by atoms with Gasteiger partial charge in [-0.15, -0.1) is 12.8 Å². The van der Waals surface area contributed by atoms with Gasteiger partial charge in [0.1, 0.15) is 26.4 Å². The molecule has 1 aliphatic heterocycles. The summed E-state index contributed by atoms with van der Waals surface area (Å²) >= 11 is 0. The van der Waals surface area contributed by atoms with Crippen LogP contribution in [0.2, 0.25) is 0 Å². The minimum absolute atomic E-state index is 0.182. The Balaban J connectivity index is 2.44. The molecule has 0 amide bonds. The zero-order chi connectivity index (χ0) is 12.1. The molecule has 0 aromatic rings. The van der Waals surface area contributed by atoms with E-state index in [-0.39, 0.29) is 26.4 Å². The molecule has 0 spiro atoms. The molecule has 1 aliphatic rings. The molecule has 0 bridgehead atoms. The molecule has 0 aromatic carbocycles. The van der Waals surface area contributed by atoms with Gasteiger partial charge in [-0.1, -0.05) is 11.8 Å². The van der Waals surface area contributed by atoms with Gasteiger partial charge in [-0.05, 0) is 13.8 Å². The van der Waals surface area contributed by atoms with Gasteiger partial charge in [0.25, 0.3) is 0 Å². The molecular weight excluding hydrogens is 208 g/mol. The maximum Gasteiger partial charge on any atom is 0.190 e. The summed E-state index contributed by atoms with van der Waals surface area (Å²) in [4.78, 5) is 0. The SMILES string of the molecule is C#CCOC1(C)COC(C)(OCC#C)CO1. The lowest BCUT2D eigenvalue weighted by molar-refractivity contribution is -0.370. The highest BCUT2D eigenvalue weighted by molar-refractivity contribution is 4.87. The van der Waals surface area contributed by atoms with Crippen molar-refractivity contribution in [3.05, 3.63) is 0 Å². The van der Waals surface area contributed by atoms with Gasteiger partial charge in [0.2, 0.25) is 0 Å². The second-order valence-electron chi connectivity index (χ2n) is 3.83. The van der Waals surface area contributed by atoms with Crippen LogP contribution >= 0.6 is 0 Å². The second kappa shape index (κ2) is 5.34. The molecule has 1 fully saturated rings. The van der Waals surface area contributed by atoms with E-state index in [4.69, 9.17) is 31.8 Å². The maximum absolute atomic E-state index is 5.54. The van der Waals surface area contributed by atoms with Crippen LogP contribution in [-0.2, 0) is 18.9 Å². The fourth-order valence-electron chi connectivity index (χ4n) is 1.21. The van der Waals surface area contributed by atoms with Gasteiger partial charge in [0.05, 0.1) is 0 Å². The number of hydrogen-bond donors (Lipinski definition) is 0. The standard InChI is InChI=1S/C12H16O4/c1-5-7-13-11(3)9-16-12(4,10-15-11)14-8-6-2/h1-2H,7-10H2,3-4H3. The van der Waals surface area contributed by atoms with Gasteiger partial charge in [-0.3, -0.25) is 0 Å². The lowest BCUT2D eigenvalue weighted by Crippen LogP contribution is -2.53. The molecule has 1 saturated heterocycles. The summed E-state index contributed by atoms with van der Waals surface area (Å²) in [6, 6.07) is 0. The molecule has 4 heteroatoms. The first-order valence-electron chi connectivity index (χ1n) is 4.96. The predicted octanol–water partition coefficient (Wildman–Crippen LogP) is 0.765. The highest BCUT2D eigenvalue weighted by atomic mass is 16.8. The highest BCUT2D eigenvalue weighted by Crippen LogP contribution is 2.26. The molecular formula is C12H16O4. The third-order valence-corrected chi connectivity index (χ3v) is 2.20. The summed E-state index contributed by atoms with van der Waals surface area (Å²) in [5.74, 6) is 3.13. The van der Waals surface area contributed by atoms with E-state index in [2.05, 4.69) is 11.8 Å². The first-order valence-corrected chi connectivity index (χ1v) is 4.96. The van der Waals surface area contributed by atoms with E-state index in [0.29, 0.717) is 0 Å². The van der Waals surface area contributed by atoms with E-state index in [9.17, 15) is 0 Å². The molecule has 88 valence electrons. The lowest BCUT2D eigenvalue weighted by atomic mass is 10.2. The zero-order valence-electron chi connectivity index (χ0n) is 9.62. The topological polar surface area (TPSA) is 36.9 Å². The van der Waals surface area contributed by atoms with Crippen molar-refractivity contribution in [2.45, 2.75) is 25.4 Å². The quantitative estimate of drug-likeness (QED) is 0.661.